The quantitative estimate of drug-likeness (QED) is 0.644. The highest BCUT2D eigenvalue weighted by atomic mass is 14.8. The van der Waals surface area contributed by atoms with E-state index in [9.17, 15) is 0 Å². The van der Waals surface area contributed by atoms with Gasteiger partial charge < -0.3 is 5.32 Å². The summed E-state index contributed by atoms with van der Waals surface area (Å²) in [6.45, 7) is 5.86. The van der Waals surface area contributed by atoms with E-state index in [0.717, 1.165) is 11.3 Å². The Bertz CT molecular complexity index is 125. The molecule has 72 valence electrons. The van der Waals surface area contributed by atoms with E-state index in [2.05, 4.69) is 26.2 Å². The van der Waals surface area contributed by atoms with Crippen LogP contribution in [0.4, 0.5) is 0 Å². The second kappa shape index (κ2) is 4.27. The van der Waals surface area contributed by atoms with Gasteiger partial charge in [-0.25, -0.2) is 0 Å². The van der Waals surface area contributed by atoms with Crippen LogP contribution in [-0.4, -0.2) is 13.6 Å². The molecule has 1 rings (SSSR count). The largest absolute Gasteiger partial charge is 0.319 e. The van der Waals surface area contributed by atoms with Gasteiger partial charge >= 0.3 is 0 Å². The average Bonchev–Trinajstić information content (AvgIpc) is 2.66. The Labute approximate surface area is 76.9 Å². The molecule has 1 nitrogen and oxygen atoms in total. The van der Waals surface area contributed by atoms with Gasteiger partial charge in [0.2, 0.25) is 0 Å². The third-order valence-corrected chi connectivity index (χ3v) is 3.31. The van der Waals surface area contributed by atoms with Gasteiger partial charge in [0.1, 0.15) is 0 Å². The van der Waals surface area contributed by atoms with E-state index in [1.807, 2.05) is 0 Å². The Balaban J connectivity index is 2.32. The van der Waals surface area contributed by atoms with Crippen LogP contribution in [0.15, 0.2) is 0 Å². The lowest BCUT2D eigenvalue weighted by Crippen LogP contribution is -2.15. The number of rotatable bonds is 6. The monoisotopic (exact) mass is 169 g/mol. The van der Waals surface area contributed by atoms with Crippen molar-refractivity contribution in [2.45, 2.75) is 46.0 Å². The summed E-state index contributed by atoms with van der Waals surface area (Å²) in [6, 6.07) is 0. The molecule has 0 heterocycles. The van der Waals surface area contributed by atoms with Crippen molar-refractivity contribution in [2.24, 2.45) is 11.3 Å². The Kier molecular flexibility index (Phi) is 3.57. The minimum atomic E-state index is 0.756. The molecule has 1 aliphatic rings. The maximum atomic E-state index is 3.30. The van der Waals surface area contributed by atoms with E-state index >= 15 is 0 Å². The van der Waals surface area contributed by atoms with Gasteiger partial charge in [-0.1, -0.05) is 26.7 Å². The van der Waals surface area contributed by atoms with Gasteiger partial charge in [0.15, 0.2) is 0 Å². The Morgan fingerprint density at radius 2 is 1.83 bits per heavy atom. The average molecular weight is 169 g/mol. The molecule has 0 radical (unpaired) electrons. The molecule has 1 aliphatic carbocycles. The molecule has 0 saturated heterocycles. The van der Waals surface area contributed by atoms with E-state index in [1.165, 1.54) is 38.6 Å². The van der Waals surface area contributed by atoms with E-state index in [4.69, 9.17) is 0 Å². The van der Waals surface area contributed by atoms with Crippen LogP contribution in [0.3, 0.4) is 0 Å². The minimum Gasteiger partial charge on any atom is -0.319 e. The molecule has 1 saturated carbocycles. The fourth-order valence-corrected chi connectivity index (χ4v) is 2.70. The molecular formula is C11H23N. The molecule has 0 aromatic heterocycles. The second-order valence-corrected chi connectivity index (χ2v) is 4.32. The van der Waals surface area contributed by atoms with Crippen molar-refractivity contribution >= 4 is 0 Å². The highest BCUT2D eigenvalue weighted by Gasteiger charge is 2.51. The fraction of sp³-hybridized carbons (Fsp3) is 1.00. The normalized spacial score (nSPS) is 25.8. The van der Waals surface area contributed by atoms with Crippen molar-refractivity contribution in [1.29, 1.82) is 0 Å². The zero-order chi connectivity index (χ0) is 9.03. The lowest BCUT2D eigenvalue weighted by atomic mass is 9.92. The Hall–Kier alpha value is -0.0400. The van der Waals surface area contributed by atoms with Gasteiger partial charge in [0, 0.05) is 0 Å². The maximum Gasteiger partial charge on any atom is -0.00180 e. The molecule has 0 aliphatic heterocycles. The van der Waals surface area contributed by atoms with E-state index < -0.39 is 0 Å². The van der Waals surface area contributed by atoms with Crippen molar-refractivity contribution in [3.63, 3.8) is 0 Å². The standard InChI is InChI=1S/C11H23N/c1-4-6-11(7-5-2)8-10(11)9-12-3/h10,12H,4-9H2,1-3H3. The Morgan fingerprint density at radius 3 is 2.25 bits per heavy atom. The zero-order valence-electron chi connectivity index (χ0n) is 8.82. The molecule has 0 aromatic rings. The number of nitrogens with one attached hydrogen (secondary N) is 1. The molecule has 0 bridgehead atoms. The summed E-state index contributed by atoms with van der Waals surface area (Å²) in [5, 5.41) is 3.30. The van der Waals surface area contributed by atoms with Crippen molar-refractivity contribution in [3.8, 4) is 0 Å². The lowest BCUT2D eigenvalue weighted by molar-refractivity contribution is 0.373. The van der Waals surface area contributed by atoms with Crippen LogP contribution in [-0.2, 0) is 0 Å². The van der Waals surface area contributed by atoms with Gasteiger partial charge in [0.05, 0.1) is 0 Å². The molecule has 12 heavy (non-hydrogen) atoms. The first kappa shape index (κ1) is 10.0. The third-order valence-electron chi connectivity index (χ3n) is 3.31. The molecule has 1 heteroatoms. The smallest absolute Gasteiger partial charge is 0.00180 e. The highest BCUT2D eigenvalue weighted by Crippen LogP contribution is 2.58. The van der Waals surface area contributed by atoms with E-state index in [0.29, 0.717) is 0 Å². The summed E-state index contributed by atoms with van der Waals surface area (Å²) in [6.07, 6.45) is 7.11. The summed E-state index contributed by atoms with van der Waals surface area (Å²) >= 11 is 0. The topological polar surface area (TPSA) is 12.0 Å². The molecular weight excluding hydrogens is 146 g/mol. The van der Waals surface area contributed by atoms with Crippen LogP contribution in [0.5, 0.6) is 0 Å². The Morgan fingerprint density at radius 1 is 1.25 bits per heavy atom. The first-order valence-corrected chi connectivity index (χ1v) is 5.43. The molecule has 1 atom stereocenters. The predicted molar refractivity (Wildman–Crippen MR) is 54.3 cm³/mol. The molecule has 0 aromatic carbocycles. The molecule has 1 fully saturated rings. The molecule has 1 unspecified atom stereocenters. The summed E-state index contributed by atoms with van der Waals surface area (Å²) in [4.78, 5) is 0. The SMILES string of the molecule is CCCC1(CCC)CC1CNC. The highest BCUT2D eigenvalue weighted by molar-refractivity contribution is 5.02. The van der Waals surface area contributed by atoms with Crippen LogP contribution >= 0.6 is 0 Å². The van der Waals surface area contributed by atoms with Gasteiger partial charge in [-0.05, 0) is 44.2 Å². The fourth-order valence-electron chi connectivity index (χ4n) is 2.70. The summed E-state index contributed by atoms with van der Waals surface area (Å²) in [7, 11) is 2.07. The van der Waals surface area contributed by atoms with Crippen LogP contribution in [0, 0.1) is 11.3 Å². The summed E-state index contributed by atoms with van der Waals surface area (Å²) < 4.78 is 0. The van der Waals surface area contributed by atoms with Crippen molar-refractivity contribution < 1.29 is 0 Å². The van der Waals surface area contributed by atoms with Gasteiger partial charge in [-0.3, -0.25) is 0 Å². The molecule has 0 spiro atoms. The predicted octanol–water partition coefficient (Wildman–Crippen LogP) is 2.81. The second-order valence-electron chi connectivity index (χ2n) is 4.32. The van der Waals surface area contributed by atoms with Crippen molar-refractivity contribution in [2.75, 3.05) is 13.6 Å². The summed E-state index contributed by atoms with van der Waals surface area (Å²) in [5.74, 6) is 0.988. The first-order chi connectivity index (χ1) is 5.79. The van der Waals surface area contributed by atoms with E-state index in [-0.39, 0.29) is 0 Å². The molecule has 0 amide bonds. The number of hydrogen-bond acceptors (Lipinski definition) is 1. The van der Waals surface area contributed by atoms with Gasteiger partial charge in [-0.15, -0.1) is 0 Å². The van der Waals surface area contributed by atoms with E-state index in [1.54, 1.807) is 0 Å². The molecule has 1 N–H and O–H groups in total. The van der Waals surface area contributed by atoms with Crippen LogP contribution < -0.4 is 5.32 Å². The van der Waals surface area contributed by atoms with Crippen LogP contribution in [0.1, 0.15) is 46.0 Å². The third kappa shape index (κ3) is 2.01. The summed E-state index contributed by atoms with van der Waals surface area (Å²) in [5.41, 5.74) is 0.756. The van der Waals surface area contributed by atoms with Crippen LogP contribution in [0.2, 0.25) is 0 Å². The maximum absolute atomic E-state index is 3.30. The zero-order valence-corrected chi connectivity index (χ0v) is 8.82. The van der Waals surface area contributed by atoms with Gasteiger partial charge in [0.25, 0.3) is 0 Å². The first-order valence-electron chi connectivity index (χ1n) is 5.43. The number of hydrogen-bond donors (Lipinski definition) is 1. The van der Waals surface area contributed by atoms with Crippen molar-refractivity contribution in [1.82, 2.24) is 5.32 Å². The van der Waals surface area contributed by atoms with Crippen molar-refractivity contribution in [3.05, 3.63) is 0 Å². The lowest BCUT2D eigenvalue weighted by Gasteiger charge is -2.15. The van der Waals surface area contributed by atoms with Crippen LogP contribution in [0.25, 0.3) is 0 Å². The van der Waals surface area contributed by atoms with Gasteiger partial charge in [-0.2, -0.15) is 0 Å². The minimum absolute atomic E-state index is 0.756.